The molecular weight excluding hydrogens is 318 g/mol. The Morgan fingerprint density at radius 1 is 1.48 bits per heavy atom. The first-order valence-corrected chi connectivity index (χ1v) is 8.84. The number of carbonyl (C=O) groups excluding carboxylic acids is 1. The molecule has 1 aromatic rings. The Morgan fingerprint density at radius 2 is 2.10 bits per heavy atom. The zero-order valence-electron chi connectivity index (χ0n) is 12.4. The maximum atomic E-state index is 12.3. The molecule has 1 amide bonds. The van der Waals surface area contributed by atoms with Crippen molar-refractivity contribution in [1.82, 2.24) is 15.5 Å². The van der Waals surface area contributed by atoms with Gasteiger partial charge >= 0.3 is 0 Å². The molecule has 0 aliphatic carbocycles. The second kappa shape index (κ2) is 7.24. The number of nitrogens with one attached hydrogen (secondary N) is 2. The van der Waals surface area contributed by atoms with Crippen molar-refractivity contribution >= 4 is 25.6 Å². The third-order valence-corrected chi connectivity index (χ3v) is 4.46. The standard InChI is InChI=1S/C12H20ClN3O4S/c1-5-8-11(21(13,18)19)10(16-15-8)12(17)14-9(6-20-4)7(2)3/h7,9H,5-6H2,1-4H3,(H,14,17)(H,15,16). The Hall–Kier alpha value is -1.12. The van der Waals surface area contributed by atoms with Gasteiger partial charge in [0.2, 0.25) is 0 Å². The van der Waals surface area contributed by atoms with E-state index in [1.807, 2.05) is 13.8 Å². The number of amides is 1. The molecule has 0 aromatic carbocycles. The molecule has 1 heterocycles. The molecule has 9 heteroatoms. The Kier molecular flexibility index (Phi) is 6.18. The minimum absolute atomic E-state index is 0.120. The van der Waals surface area contributed by atoms with Crippen molar-refractivity contribution in [1.29, 1.82) is 0 Å². The van der Waals surface area contributed by atoms with Crippen molar-refractivity contribution in [3.05, 3.63) is 11.4 Å². The van der Waals surface area contributed by atoms with Gasteiger partial charge in [-0.1, -0.05) is 20.8 Å². The molecule has 21 heavy (non-hydrogen) atoms. The van der Waals surface area contributed by atoms with E-state index in [4.69, 9.17) is 15.4 Å². The summed E-state index contributed by atoms with van der Waals surface area (Å²) < 4.78 is 28.3. The summed E-state index contributed by atoms with van der Waals surface area (Å²) in [4.78, 5) is 12.0. The van der Waals surface area contributed by atoms with Gasteiger partial charge < -0.3 is 10.1 Å². The number of rotatable bonds is 7. The van der Waals surface area contributed by atoms with E-state index < -0.39 is 15.0 Å². The lowest BCUT2D eigenvalue weighted by Gasteiger charge is -2.21. The monoisotopic (exact) mass is 337 g/mol. The van der Waals surface area contributed by atoms with E-state index in [1.54, 1.807) is 6.92 Å². The summed E-state index contributed by atoms with van der Waals surface area (Å²) in [7, 11) is 2.87. The molecular formula is C12H20ClN3O4S. The van der Waals surface area contributed by atoms with Crippen molar-refractivity contribution in [3.8, 4) is 0 Å². The fraction of sp³-hybridized carbons (Fsp3) is 0.667. The molecule has 1 aromatic heterocycles. The van der Waals surface area contributed by atoms with Gasteiger partial charge in [-0.05, 0) is 12.3 Å². The molecule has 0 radical (unpaired) electrons. The van der Waals surface area contributed by atoms with Crippen LogP contribution in [0.4, 0.5) is 0 Å². The highest BCUT2D eigenvalue weighted by Gasteiger charge is 2.29. The number of nitrogens with zero attached hydrogens (tertiary/aromatic N) is 1. The van der Waals surface area contributed by atoms with Crippen LogP contribution in [0, 0.1) is 5.92 Å². The van der Waals surface area contributed by atoms with Crippen molar-refractivity contribution in [2.45, 2.75) is 38.1 Å². The zero-order valence-corrected chi connectivity index (χ0v) is 14.0. The van der Waals surface area contributed by atoms with Crippen LogP contribution in [-0.2, 0) is 20.2 Å². The lowest BCUT2D eigenvalue weighted by Crippen LogP contribution is -2.42. The van der Waals surface area contributed by atoms with Crippen LogP contribution in [0.15, 0.2) is 4.90 Å². The van der Waals surface area contributed by atoms with Gasteiger partial charge in [-0.25, -0.2) is 8.42 Å². The zero-order chi connectivity index (χ0) is 16.2. The number of ether oxygens (including phenoxy) is 1. The normalized spacial score (nSPS) is 13.4. The molecule has 0 saturated carbocycles. The SMILES string of the molecule is CCc1[nH]nc(C(=O)NC(COC)C(C)C)c1S(=O)(=O)Cl. The van der Waals surface area contributed by atoms with Crippen LogP contribution in [0.1, 0.15) is 37.0 Å². The van der Waals surface area contributed by atoms with Gasteiger partial charge in [0, 0.05) is 17.8 Å². The minimum atomic E-state index is -4.06. The molecule has 7 nitrogen and oxygen atoms in total. The van der Waals surface area contributed by atoms with Crippen LogP contribution in [0.2, 0.25) is 0 Å². The molecule has 0 aliphatic heterocycles. The molecule has 0 aliphatic rings. The van der Waals surface area contributed by atoms with Gasteiger partial charge in [-0.2, -0.15) is 5.10 Å². The highest BCUT2D eigenvalue weighted by Crippen LogP contribution is 2.23. The molecule has 1 atom stereocenters. The van der Waals surface area contributed by atoms with E-state index in [-0.39, 0.29) is 22.5 Å². The van der Waals surface area contributed by atoms with Crippen LogP contribution in [0.3, 0.4) is 0 Å². The lowest BCUT2D eigenvalue weighted by atomic mass is 10.1. The maximum absolute atomic E-state index is 12.3. The van der Waals surface area contributed by atoms with Crippen LogP contribution in [0.25, 0.3) is 0 Å². The van der Waals surface area contributed by atoms with Gasteiger partial charge in [0.1, 0.15) is 4.90 Å². The topological polar surface area (TPSA) is 101 Å². The number of aryl methyl sites for hydroxylation is 1. The average molecular weight is 338 g/mol. The minimum Gasteiger partial charge on any atom is -0.383 e. The Morgan fingerprint density at radius 3 is 2.52 bits per heavy atom. The van der Waals surface area contributed by atoms with Crippen LogP contribution in [0.5, 0.6) is 0 Å². The third kappa shape index (κ3) is 4.42. The summed E-state index contributed by atoms with van der Waals surface area (Å²) in [6, 6.07) is -0.254. The molecule has 0 spiro atoms. The van der Waals surface area contributed by atoms with Crippen LogP contribution >= 0.6 is 10.7 Å². The number of aromatic nitrogens is 2. The average Bonchev–Trinajstić information content (AvgIpc) is 2.81. The molecule has 2 N–H and O–H groups in total. The van der Waals surface area contributed by atoms with Gasteiger partial charge in [-0.3, -0.25) is 9.89 Å². The Labute approximate surface area is 128 Å². The molecule has 1 rings (SSSR count). The van der Waals surface area contributed by atoms with Gasteiger partial charge in [0.25, 0.3) is 15.0 Å². The molecule has 0 bridgehead atoms. The second-order valence-corrected chi connectivity index (χ2v) is 7.45. The summed E-state index contributed by atoms with van der Waals surface area (Å²) >= 11 is 0. The van der Waals surface area contributed by atoms with E-state index >= 15 is 0 Å². The summed E-state index contributed by atoms with van der Waals surface area (Å²) in [5.41, 5.74) is 0.0894. The van der Waals surface area contributed by atoms with Crippen molar-refractivity contribution in [2.24, 2.45) is 5.92 Å². The fourth-order valence-electron chi connectivity index (χ4n) is 1.84. The van der Waals surface area contributed by atoms with Crippen molar-refractivity contribution in [3.63, 3.8) is 0 Å². The number of H-pyrrole nitrogens is 1. The second-order valence-electron chi connectivity index (χ2n) is 4.95. The van der Waals surface area contributed by atoms with E-state index in [0.29, 0.717) is 18.7 Å². The molecule has 120 valence electrons. The quantitative estimate of drug-likeness (QED) is 0.730. The summed E-state index contributed by atoms with van der Waals surface area (Å²) in [5, 5.41) is 9.04. The largest absolute Gasteiger partial charge is 0.383 e. The number of methoxy groups -OCH3 is 1. The first kappa shape index (κ1) is 17.9. The van der Waals surface area contributed by atoms with Gasteiger partial charge in [0.05, 0.1) is 18.3 Å². The lowest BCUT2D eigenvalue weighted by molar-refractivity contribution is 0.0858. The summed E-state index contributed by atoms with van der Waals surface area (Å²) in [6.07, 6.45) is 0.368. The molecule has 0 saturated heterocycles. The predicted molar refractivity (Wildman–Crippen MR) is 79.0 cm³/mol. The predicted octanol–water partition coefficient (Wildman–Crippen LogP) is 1.30. The smallest absolute Gasteiger partial charge is 0.273 e. The van der Waals surface area contributed by atoms with E-state index in [9.17, 15) is 13.2 Å². The van der Waals surface area contributed by atoms with Crippen LogP contribution < -0.4 is 5.32 Å². The van der Waals surface area contributed by atoms with E-state index in [2.05, 4.69) is 15.5 Å². The first-order chi connectivity index (χ1) is 9.72. The van der Waals surface area contributed by atoms with Crippen LogP contribution in [-0.4, -0.2) is 44.3 Å². The molecule has 0 fully saturated rings. The van der Waals surface area contributed by atoms with Crippen molar-refractivity contribution < 1.29 is 17.9 Å². The number of hydrogen-bond acceptors (Lipinski definition) is 5. The van der Waals surface area contributed by atoms with E-state index in [0.717, 1.165) is 0 Å². The summed E-state index contributed by atoms with van der Waals surface area (Å²) in [6.45, 7) is 5.90. The van der Waals surface area contributed by atoms with Gasteiger partial charge in [-0.15, -0.1) is 0 Å². The highest BCUT2D eigenvalue weighted by atomic mass is 35.7. The Balaban J connectivity index is 3.11. The van der Waals surface area contributed by atoms with E-state index in [1.165, 1.54) is 7.11 Å². The maximum Gasteiger partial charge on any atom is 0.273 e. The molecule has 1 unspecified atom stereocenters. The fourth-order valence-corrected chi connectivity index (χ4v) is 3.19. The number of hydrogen-bond donors (Lipinski definition) is 2. The Bertz CT molecular complexity index is 598. The first-order valence-electron chi connectivity index (χ1n) is 6.54. The van der Waals surface area contributed by atoms with Crippen molar-refractivity contribution in [2.75, 3.05) is 13.7 Å². The third-order valence-electron chi connectivity index (χ3n) is 3.07. The number of carbonyl (C=O) groups is 1. The number of halogens is 1. The van der Waals surface area contributed by atoms with Gasteiger partial charge in [0.15, 0.2) is 5.69 Å². The number of aromatic amines is 1. The highest BCUT2D eigenvalue weighted by molar-refractivity contribution is 8.13. The summed E-state index contributed by atoms with van der Waals surface area (Å²) in [5.74, 6) is -0.476.